The van der Waals surface area contributed by atoms with E-state index in [-0.39, 0.29) is 24.4 Å². The molecule has 1 aromatic heterocycles. The van der Waals surface area contributed by atoms with Gasteiger partial charge in [-0.25, -0.2) is 9.78 Å². The highest BCUT2D eigenvalue weighted by atomic mass is 35.5. The quantitative estimate of drug-likeness (QED) is 0.507. The second-order valence-electron chi connectivity index (χ2n) is 7.15. The van der Waals surface area contributed by atoms with Crippen LogP contribution in [0.15, 0.2) is 60.7 Å². The van der Waals surface area contributed by atoms with Crippen molar-refractivity contribution in [3.05, 3.63) is 88.1 Å². The van der Waals surface area contributed by atoms with Crippen molar-refractivity contribution in [1.82, 2.24) is 10.3 Å². The number of halogens is 1. The molecule has 0 spiro atoms. The predicted octanol–water partition coefficient (Wildman–Crippen LogP) is 5.29. The summed E-state index contributed by atoms with van der Waals surface area (Å²) in [5, 5.41) is 6.23. The molecule has 2 amide bonds. The van der Waals surface area contributed by atoms with Crippen molar-refractivity contribution in [3.63, 3.8) is 0 Å². The molecule has 1 atom stereocenters. The van der Waals surface area contributed by atoms with Gasteiger partial charge in [0.2, 0.25) is 5.88 Å². The number of hydrogen-bond acceptors (Lipinski definition) is 5. The predicted molar refractivity (Wildman–Crippen MR) is 123 cm³/mol. The summed E-state index contributed by atoms with van der Waals surface area (Å²) in [6.07, 6.45) is -0.562. The van der Waals surface area contributed by atoms with Crippen LogP contribution < -0.4 is 15.4 Å². The molecule has 2 N–H and O–H groups in total. The summed E-state index contributed by atoms with van der Waals surface area (Å²) in [4.78, 5) is 28.9. The van der Waals surface area contributed by atoms with E-state index in [4.69, 9.17) is 21.1 Å². The number of carbonyl (C=O) groups excluding carboxylic acids is 2. The number of rotatable bonds is 7. The summed E-state index contributed by atoms with van der Waals surface area (Å²) in [6, 6.07) is 17.4. The van der Waals surface area contributed by atoms with Gasteiger partial charge in [0.1, 0.15) is 12.2 Å². The van der Waals surface area contributed by atoms with Gasteiger partial charge in [-0.05, 0) is 61.4 Å². The van der Waals surface area contributed by atoms with Gasteiger partial charge in [0.05, 0.1) is 13.2 Å². The molecule has 1 heterocycles. The van der Waals surface area contributed by atoms with Gasteiger partial charge in [-0.1, -0.05) is 35.9 Å². The number of aryl methyl sites for hydroxylation is 1. The van der Waals surface area contributed by atoms with Gasteiger partial charge in [0.15, 0.2) is 0 Å². The van der Waals surface area contributed by atoms with Crippen molar-refractivity contribution in [2.75, 3.05) is 12.4 Å². The lowest BCUT2D eigenvalue weighted by Crippen LogP contribution is -2.27. The van der Waals surface area contributed by atoms with Crippen LogP contribution in [0.2, 0.25) is 5.02 Å². The summed E-state index contributed by atoms with van der Waals surface area (Å²) in [6.45, 7) is 3.84. The van der Waals surface area contributed by atoms with E-state index in [1.807, 2.05) is 26.0 Å². The molecule has 0 saturated carbocycles. The third-order valence-corrected chi connectivity index (χ3v) is 4.98. The largest absolute Gasteiger partial charge is 0.480 e. The molecule has 32 heavy (non-hydrogen) atoms. The first-order valence-corrected chi connectivity index (χ1v) is 10.3. The Morgan fingerprint density at radius 1 is 1.03 bits per heavy atom. The van der Waals surface area contributed by atoms with Gasteiger partial charge in [-0.15, -0.1) is 0 Å². The molecule has 0 radical (unpaired) electrons. The Morgan fingerprint density at radius 2 is 1.72 bits per heavy atom. The van der Waals surface area contributed by atoms with Crippen molar-refractivity contribution in [2.45, 2.75) is 26.5 Å². The zero-order valence-corrected chi connectivity index (χ0v) is 18.8. The first kappa shape index (κ1) is 23.1. The highest BCUT2D eigenvalue weighted by Crippen LogP contribution is 2.20. The second kappa shape index (κ2) is 10.6. The maximum absolute atomic E-state index is 12.6. The Labute approximate surface area is 191 Å². The van der Waals surface area contributed by atoms with E-state index in [1.165, 1.54) is 7.11 Å². The molecule has 2 aromatic carbocycles. The van der Waals surface area contributed by atoms with E-state index >= 15 is 0 Å². The molecular formula is C24H24ClN3O4. The fourth-order valence-corrected chi connectivity index (χ4v) is 3.08. The van der Waals surface area contributed by atoms with Crippen LogP contribution in [0.5, 0.6) is 5.88 Å². The molecule has 0 aliphatic heterocycles. The van der Waals surface area contributed by atoms with Crippen LogP contribution in [0, 0.1) is 6.92 Å². The van der Waals surface area contributed by atoms with Crippen LogP contribution >= 0.6 is 11.6 Å². The molecule has 0 aliphatic rings. The number of anilines is 1. The Bertz CT molecular complexity index is 1090. The van der Waals surface area contributed by atoms with Gasteiger partial charge < -0.3 is 14.8 Å². The molecule has 8 heteroatoms. The van der Waals surface area contributed by atoms with Crippen molar-refractivity contribution in [2.24, 2.45) is 0 Å². The van der Waals surface area contributed by atoms with Crippen LogP contribution in [-0.4, -0.2) is 24.1 Å². The SMILES string of the molecule is COc1nc(C)ccc1C(=O)N[C@@H](C)c1ccc(NC(=O)OCc2ccc(Cl)cc2)cc1. The molecule has 166 valence electrons. The highest BCUT2D eigenvalue weighted by molar-refractivity contribution is 6.30. The van der Waals surface area contributed by atoms with Crippen LogP contribution in [0.1, 0.15) is 40.1 Å². The number of nitrogens with zero attached hydrogens (tertiary/aromatic N) is 1. The van der Waals surface area contributed by atoms with Gasteiger partial charge in [-0.2, -0.15) is 0 Å². The summed E-state index contributed by atoms with van der Waals surface area (Å²) in [5.74, 6) is 0.00110. The standard InChI is InChI=1S/C24H24ClN3O4/c1-15-4-13-21(23(26-15)31-3)22(29)27-16(2)18-7-11-20(12-8-18)28-24(30)32-14-17-5-9-19(25)10-6-17/h4-13,16H,14H2,1-3H3,(H,27,29)(H,28,30)/t16-/m0/s1. The topological polar surface area (TPSA) is 89.5 Å². The Hall–Kier alpha value is -3.58. The summed E-state index contributed by atoms with van der Waals surface area (Å²) in [7, 11) is 1.48. The molecule has 0 aliphatic carbocycles. The number of ether oxygens (including phenoxy) is 2. The molecular weight excluding hydrogens is 430 g/mol. The Morgan fingerprint density at radius 3 is 2.38 bits per heavy atom. The maximum atomic E-state index is 12.6. The van der Waals surface area contributed by atoms with E-state index in [1.54, 1.807) is 48.5 Å². The van der Waals surface area contributed by atoms with Crippen molar-refractivity contribution in [1.29, 1.82) is 0 Å². The molecule has 3 rings (SSSR count). The van der Waals surface area contributed by atoms with Gasteiger partial charge in [0.25, 0.3) is 5.91 Å². The van der Waals surface area contributed by atoms with Crippen LogP contribution in [0.25, 0.3) is 0 Å². The van der Waals surface area contributed by atoms with E-state index < -0.39 is 6.09 Å². The minimum absolute atomic E-state index is 0.140. The lowest BCUT2D eigenvalue weighted by Gasteiger charge is -2.16. The van der Waals surface area contributed by atoms with Crippen molar-refractivity contribution < 1.29 is 19.1 Å². The smallest absolute Gasteiger partial charge is 0.411 e. The maximum Gasteiger partial charge on any atom is 0.411 e. The number of nitrogens with one attached hydrogen (secondary N) is 2. The molecule has 0 bridgehead atoms. The van der Waals surface area contributed by atoms with Crippen LogP contribution in [0.3, 0.4) is 0 Å². The monoisotopic (exact) mass is 453 g/mol. The fraction of sp³-hybridized carbons (Fsp3) is 0.208. The van der Waals surface area contributed by atoms with Crippen LogP contribution in [0.4, 0.5) is 10.5 Å². The van der Waals surface area contributed by atoms with Crippen molar-refractivity contribution >= 4 is 29.3 Å². The molecule has 0 fully saturated rings. The summed E-state index contributed by atoms with van der Waals surface area (Å²) in [5.41, 5.74) is 3.42. The number of benzene rings is 2. The minimum atomic E-state index is -0.562. The first-order chi connectivity index (χ1) is 15.4. The van der Waals surface area contributed by atoms with E-state index in [0.29, 0.717) is 16.3 Å². The number of carbonyl (C=O) groups is 2. The third-order valence-electron chi connectivity index (χ3n) is 4.73. The van der Waals surface area contributed by atoms with E-state index in [9.17, 15) is 9.59 Å². The number of amides is 2. The van der Waals surface area contributed by atoms with Crippen LogP contribution in [-0.2, 0) is 11.3 Å². The zero-order chi connectivity index (χ0) is 23.1. The number of pyridine rings is 1. The zero-order valence-electron chi connectivity index (χ0n) is 18.0. The molecule has 0 unspecified atom stereocenters. The average Bonchev–Trinajstić information content (AvgIpc) is 2.79. The van der Waals surface area contributed by atoms with Gasteiger partial charge in [-0.3, -0.25) is 10.1 Å². The summed E-state index contributed by atoms with van der Waals surface area (Å²) < 4.78 is 10.4. The lowest BCUT2D eigenvalue weighted by atomic mass is 10.1. The molecule has 3 aromatic rings. The van der Waals surface area contributed by atoms with E-state index in [0.717, 1.165) is 16.8 Å². The minimum Gasteiger partial charge on any atom is -0.480 e. The third kappa shape index (κ3) is 6.21. The van der Waals surface area contributed by atoms with Gasteiger partial charge in [0, 0.05) is 16.4 Å². The molecule has 7 nitrogen and oxygen atoms in total. The first-order valence-electron chi connectivity index (χ1n) is 9.96. The fourth-order valence-electron chi connectivity index (χ4n) is 2.96. The Kier molecular flexibility index (Phi) is 7.68. The number of aromatic nitrogens is 1. The normalized spacial score (nSPS) is 11.4. The van der Waals surface area contributed by atoms with E-state index in [2.05, 4.69) is 15.6 Å². The lowest BCUT2D eigenvalue weighted by molar-refractivity contribution is 0.0936. The Balaban J connectivity index is 1.54. The number of methoxy groups -OCH3 is 1. The number of hydrogen-bond donors (Lipinski definition) is 2. The summed E-state index contributed by atoms with van der Waals surface area (Å²) >= 11 is 5.84. The average molecular weight is 454 g/mol. The van der Waals surface area contributed by atoms with Gasteiger partial charge >= 0.3 is 6.09 Å². The second-order valence-corrected chi connectivity index (χ2v) is 7.59. The van der Waals surface area contributed by atoms with Crippen molar-refractivity contribution in [3.8, 4) is 5.88 Å². The molecule has 0 saturated heterocycles. The highest BCUT2D eigenvalue weighted by Gasteiger charge is 2.17.